The van der Waals surface area contributed by atoms with Gasteiger partial charge in [-0.3, -0.25) is 9.78 Å². The molecular formula is C15H25N3O3. The lowest BCUT2D eigenvalue weighted by molar-refractivity contribution is -0.124. The van der Waals surface area contributed by atoms with E-state index in [2.05, 4.69) is 15.6 Å². The van der Waals surface area contributed by atoms with Crippen molar-refractivity contribution in [3.05, 3.63) is 18.0 Å². The molecule has 118 valence electrons. The van der Waals surface area contributed by atoms with E-state index in [0.717, 1.165) is 0 Å². The Labute approximate surface area is 126 Å². The molecular weight excluding hydrogens is 270 g/mol. The van der Waals surface area contributed by atoms with Crippen molar-refractivity contribution in [2.24, 2.45) is 0 Å². The van der Waals surface area contributed by atoms with E-state index in [1.54, 1.807) is 26.5 Å². The summed E-state index contributed by atoms with van der Waals surface area (Å²) < 4.78 is 10.5. The van der Waals surface area contributed by atoms with Gasteiger partial charge in [-0.05, 0) is 27.7 Å². The highest BCUT2D eigenvalue weighted by Gasteiger charge is 2.19. The number of methoxy groups -OCH3 is 2. The van der Waals surface area contributed by atoms with Crippen molar-refractivity contribution < 1.29 is 14.3 Å². The van der Waals surface area contributed by atoms with Gasteiger partial charge < -0.3 is 20.1 Å². The maximum Gasteiger partial charge on any atom is 0.237 e. The molecule has 0 aromatic carbocycles. The molecule has 1 aromatic heterocycles. The number of pyridine rings is 1. The molecule has 0 radical (unpaired) electrons. The van der Waals surface area contributed by atoms with Crippen LogP contribution in [-0.2, 0) is 11.3 Å². The molecule has 21 heavy (non-hydrogen) atoms. The number of hydrogen-bond acceptors (Lipinski definition) is 5. The fourth-order valence-corrected chi connectivity index (χ4v) is 1.80. The first-order chi connectivity index (χ1) is 9.78. The zero-order chi connectivity index (χ0) is 16.0. The summed E-state index contributed by atoms with van der Waals surface area (Å²) in [5.41, 5.74) is 0.450. The van der Waals surface area contributed by atoms with Gasteiger partial charge in [0.25, 0.3) is 0 Å². The monoisotopic (exact) mass is 295 g/mol. The zero-order valence-corrected chi connectivity index (χ0v) is 13.6. The van der Waals surface area contributed by atoms with Crippen molar-refractivity contribution in [2.75, 3.05) is 14.2 Å². The zero-order valence-electron chi connectivity index (χ0n) is 13.6. The van der Waals surface area contributed by atoms with Crippen molar-refractivity contribution in [1.29, 1.82) is 0 Å². The molecule has 1 heterocycles. The van der Waals surface area contributed by atoms with Crippen LogP contribution in [0.3, 0.4) is 0 Å². The Hall–Kier alpha value is -1.82. The lowest BCUT2D eigenvalue weighted by Crippen LogP contribution is -2.49. The minimum absolute atomic E-state index is 0.0515. The molecule has 0 aliphatic heterocycles. The number of aromatic nitrogens is 1. The molecule has 1 rings (SSSR count). The quantitative estimate of drug-likeness (QED) is 0.832. The van der Waals surface area contributed by atoms with E-state index in [1.807, 2.05) is 27.7 Å². The van der Waals surface area contributed by atoms with Crippen LogP contribution in [0.25, 0.3) is 0 Å². The Balaban J connectivity index is 2.69. The van der Waals surface area contributed by atoms with Gasteiger partial charge in [0.2, 0.25) is 5.91 Å². The molecule has 0 saturated carbocycles. The van der Waals surface area contributed by atoms with Crippen molar-refractivity contribution >= 4 is 5.91 Å². The summed E-state index contributed by atoms with van der Waals surface area (Å²) in [6.45, 7) is 8.08. The number of nitrogens with one attached hydrogen (secondary N) is 2. The normalized spacial score (nSPS) is 12.7. The fraction of sp³-hybridized carbons (Fsp3) is 0.600. The van der Waals surface area contributed by atoms with Gasteiger partial charge in [0.05, 0.1) is 26.0 Å². The summed E-state index contributed by atoms with van der Waals surface area (Å²) in [7, 11) is 3.15. The van der Waals surface area contributed by atoms with E-state index in [0.29, 0.717) is 23.7 Å². The predicted octanol–water partition coefficient (Wildman–Crippen LogP) is 1.49. The molecule has 0 aliphatic rings. The van der Waals surface area contributed by atoms with Crippen molar-refractivity contribution in [3.63, 3.8) is 0 Å². The largest absolute Gasteiger partial charge is 0.493 e. The van der Waals surface area contributed by atoms with Crippen LogP contribution in [0.1, 0.15) is 33.4 Å². The van der Waals surface area contributed by atoms with Crippen LogP contribution >= 0.6 is 0 Å². The number of ether oxygens (including phenoxy) is 2. The maximum absolute atomic E-state index is 12.0. The second kappa shape index (κ2) is 7.26. The molecule has 0 saturated heterocycles. The van der Waals surface area contributed by atoms with Crippen LogP contribution in [0.4, 0.5) is 0 Å². The Kier molecular flexibility index (Phi) is 5.96. The SMILES string of the molecule is COc1ccnc(CNC(C)C(=O)NC(C)(C)C)c1OC. The van der Waals surface area contributed by atoms with Gasteiger partial charge in [-0.25, -0.2) is 0 Å². The molecule has 6 heteroatoms. The van der Waals surface area contributed by atoms with Gasteiger partial charge in [-0.2, -0.15) is 0 Å². The van der Waals surface area contributed by atoms with E-state index < -0.39 is 0 Å². The number of hydrogen-bond donors (Lipinski definition) is 2. The van der Waals surface area contributed by atoms with Gasteiger partial charge in [0, 0.05) is 24.3 Å². The average Bonchev–Trinajstić information content (AvgIpc) is 2.42. The maximum atomic E-state index is 12.0. The number of rotatable bonds is 6. The molecule has 0 spiro atoms. The first-order valence-corrected chi connectivity index (χ1v) is 6.89. The Bertz CT molecular complexity index is 484. The minimum atomic E-state index is -0.332. The molecule has 1 unspecified atom stereocenters. The Morgan fingerprint density at radius 3 is 2.52 bits per heavy atom. The van der Waals surface area contributed by atoms with Crippen LogP contribution < -0.4 is 20.1 Å². The third-order valence-electron chi connectivity index (χ3n) is 2.83. The van der Waals surface area contributed by atoms with Gasteiger partial charge in [-0.1, -0.05) is 0 Å². The molecule has 6 nitrogen and oxygen atoms in total. The summed E-state index contributed by atoms with van der Waals surface area (Å²) in [4.78, 5) is 16.3. The van der Waals surface area contributed by atoms with Crippen molar-refractivity contribution in [2.45, 2.75) is 45.8 Å². The van der Waals surface area contributed by atoms with Crippen LogP contribution in [0.15, 0.2) is 12.3 Å². The highest BCUT2D eigenvalue weighted by atomic mass is 16.5. The van der Waals surface area contributed by atoms with Crippen LogP contribution in [0.2, 0.25) is 0 Å². The molecule has 1 atom stereocenters. The number of carbonyl (C=O) groups is 1. The number of carbonyl (C=O) groups excluding carboxylic acids is 1. The summed E-state index contributed by atoms with van der Waals surface area (Å²) in [5, 5.41) is 6.07. The first kappa shape index (κ1) is 17.2. The fourth-order valence-electron chi connectivity index (χ4n) is 1.80. The van der Waals surface area contributed by atoms with Gasteiger partial charge in [0.15, 0.2) is 11.5 Å². The summed E-state index contributed by atoms with van der Waals surface area (Å²) >= 11 is 0. The molecule has 1 aromatic rings. The highest BCUT2D eigenvalue weighted by Crippen LogP contribution is 2.28. The molecule has 0 fully saturated rings. The van der Waals surface area contributed by atoms with Gasteiger partial charge in [0.1, 0.15) is 0 Å². The Morgan fingerprint density at radius 2 is 2.00 bits per heavy atom. The molecule has 0 aliphatic carbocycles. The van der Waals surface area contributed by atoms with E-state index in [-0.39, 0.29) is 17.5 Å². The number of nitrogens with zero attached hydrogens (tertiary/aromatic N) is 1. The summed E-state index contributed by atoms with van der Waals surface area (Å²) in [6.07, 6.45) is 1.65. The van der Waals surface area contributed by atoms with E-state index >= 15 is 0 Å². The molecule has 2 N–H and O–H groups in total. The lowest BCUT2D eigenvalue weighted by Gasteiger charge is -2.23. The lowest BCUT2D eigenvalue weighted by atomic mass is 10.1. The van der Waals surface area contributed by atoms with E-state index in [4.69, 9.17) is 9.47 Å². The first-order valence-electron chi connectivity index (χ1n) is 6.89. The number of amides is 1. The minimum Gasteiger partial charge on any atom is -0.493 e. The van der Waals surface area contributed by atoms with Crippen LogP contribution in [0, 0.1) is 0 Å². The van der Waals surface area contributed by atoms with Crippen molar-refractivity contribution in [1.82, 2.24) is 15.6 Å². The summed E-state index contributed by atoms with van der Waals surface area (Å²) in [5.74, 6) is 1.15. The topological polar surface area (TPSA) is 72.5 Å². The third-order valence-corrected chi connectivity index (χ3v) is 2.83. The molecule has 1 amide bonds. The van der Waals surface area contributed by atoms with Gasteiger partial charge >= 0.3 is 0 Å². The predicted molar refractivity (Wildman–Crippen MR) is 81.5 cm³/mol. The van der Waals surface area contributed by atoms with Crippen LogP contribution in [-0.4, -0.2) is 36.7 Å². The Morgan fingerprint density at radius 1 is 1.33 bits per heavy atom. The molecule has 0 bridgehead atoms. The van der Waals surface area contributed by atoms with Crippen LogP contribution in [0.5, 0.6) is 11.5 Å². The van der Waals surface area contributed by atoms with E-state index in [9.17, 15) is 4.79 Å². The van der Waals surface area contributed by atoms with Crippen molar-refractivity contribution in [3.8, 4) is 11.5 Å². The average molecular weight is 295 g/mol. The third kappa shape index (κ3) is 5.23. The van der Waals surface area contributed by atoms with E-state index in [1.165, 1.54) is 0 Å². The standard InChI is InChI=1S/C15H25N3O3/c1-10(14(19)18-15(2,3)4)17-9-11-13(21-6)12(20-5)7-8-16-11/h7-8,10,17H,9H2,1-6H3,(H,18,19). The second-order valence-corrected chi connectivity index (χ2v) is 5.83. The van der Waals surface area contributed by atoms with Gasteiger partial charge in [-0.15, -0.1) is 0 Å². The smallest absolute Gasteiger partial charge is 0.237 e. The summed E-state index contributed by atoms with van der Waals surface area (Å²) in [6, 6.07) is 1.40. The highest BCUT2D eigenvalue weighted by molar-refractivity contribution is 5.81. The second-order valence-electron chi connectivity index (χ2n) is 5.83.